The molecule has 1 heterocycles. The summed E-state index contributed by atoms with van der Waals surface area (Å²) in [6, 6.07) is 8.67. The van der Waals surface area contributed by atoms with Crippen molar-refractivity contribution in [2.45, 2.75) is 44.4 Å². The van der Waals surface area contributed by atoms with Crippen LogP contribution in [-0.2, 0) is 18.3 Å². The number of hydrogen-bond acceptors (Lipinski definition) is 4. The predicted molar refractivity (Wildman–Crippen MR) is 93.3 cm³/mol. The van der Waals surface area contributed by atoms with Gasteiger partial charge in [0.1, 0.15) is 0 Å². The summed E-state index contributed by atoms with van der Waals surface area (Å²) in [6.45, 7) is 3.15. The third kappa shape index (κ3) is 3.25. The van der Waals surface area contributed by atoms with E-state index in [4.69, 9.17) is 4.52 Å². The minimum Gasteiger partial charge on any atom is -0.339 e. The summed E-state index contributed by atoms with van der Waals surface area (Å²) in [4.78, 5) is 16.1. The van der Waals surface area contributed by atoms with Gasteiger partial charge in [-0.2, -0.15) is 4.98 Å². The highest BCUT2D eigenvalue weighted by Gasteiger charge is 2.57. The van der Waals surface area contributed by atoms with Crippen LogP contribution in [0.4, 0.5) is 4.79 Å². The van der Waals surface area contributed by atoms with Gasteiger partial charge in [-0.25, -0.2) is 4.79 Å². The third-order valence-electron chi connectivity index (χ3n) is 5.56. The molecule has 0 saturated heterocycles. The van der Waals surface area contributed by atoms with Gasteiger partial charge in [0.05, 0.1) is 0 Å². The predicted octanol–water partition coefficient (Wildman–Crippen LogP) is 2.51. The number of aryl methyl sites for hydroxylation is 3. The number of carbonyl (C=O) groups is 1. The molecule has 0 bridgehead atoms. The van der Waals surface area contributed by atoms with Gasteiger partial charge in [-0.1, -0.05) is 29.4 Å². The van der Waals surface area contributed by atoms with Crippen molar-refractivity contribution in [3.05, 3.63) is 47.1 Å². The summed E-state index contributed by atoms with van der Waals surface area (Å²) >= 11 is 0. The van der Waals surface area contributed by atoms with E-state index in [0.29, 0.717) is 36.0 Å². The standard InChI is InChI=1S/C19H24N4O2/c1-13-22-17(25-23-13)7-4-10-20-18(24)21-12-15-11-19(15)9-8-14-5-2-3-6-16(14)19/h2-3,5-6,15H,4,7-12H2,1H3,(H2,20,21,24)/t15-,19+/m1/s1. The van der Waals surface area contributed by atoms with E-state index in [-0.39, 0.29) is 6.03 Å². The van der Waals surface area contributed by atoms with Crippen LogP contribution in [0.3, 0.4) is 0 Å². The Hall–Kier alpha value is -2.37. The first-order valence-electron chi connectivity index (χ1n) is 9.07. The number of nitrogens with one attached hydrogen (secondary N) is 2. The van der Waals surface area contributed by atoms with Crippen LogP contribution in [0.15, 0.2) is 28.8 Å². The number of nitrogens with zero attached hydrogens (tertiary/aromatic N) is 2. The van der Waals surface area contributed by atoms with Gasteiger partial charge in [0.25, 0.3) is 0 Å². The van der Waals surface area contributed by atoms with E-state index in [9.17, 15) is 4.79 Å². The second-order valence-electron chi connectivity index (χ2n) is 7.19. The number of fused-ring (bicyclic) bond motifs is 2. The quantitative estimate of drug-likeness (QED) is 0.792. The van der Waals surface area contributed by atoms with Gasteiger partial charge in [0.2, 0.25) is 5.89 Å². The smallest absolute Gasteiger partial charge is 0.314 e. The Morgan fingerprint density at radius 3 is 3.08 bits per heavy atom. The minimum absolute atomic E-state index is 0.0879. The second kappa shape index (κ2) is 6.50. The molecule has 4 rings (SSSR count). The molecule has 2 atom stereocenters. The van der Waals surface area contributed by atoms with Crippen LogP contribution in [0.2, 0.25) is 0 Å². The van der Waals surface area contributed by atoms with Crippen LogP contribution in [0.1, 0.15) is 42.1 Å². The van der Waals surface area contributed by atoms with Crippen LogP contribution in [0, 0.1) is 12.8 Å². The van der Waals surface area contributed by atoms with Crippen molar-refractivity contribution in [2.24, 2.45) is 5.92 Å². The van der Waals surface area contributed by atoms with Crippen molar-refractivity contribution < 1.29 is 9.32 Å². The number of amides is 2. The van der Waals surface area contributed by atoms with Crippen molar-refractivity contribution in [3.63, 3.8) is 0 Å². The summed E-state index contributed by atoms with van der Waals surface area (Å²) in [5, 5.41) is 9.68. The lowest BCUT2D eigenvalue weighted by Crippen LogP contribution is -2.37. The van der Waals surface area contributed by atoms with Crippen molar-refractivity contribution in [1.82, 2.24) is 20.8 Å². The summed E-state index contributed by atoms with van der Waals surface area (Å²) < 4.78 is 5.05. The van der Waals surface area contributed by atoms with Gasteiger partial charge in [0, 0.05) is 24.9 Å². The normalized spacial score (nSPS) is 23.5. The molecule has 1 aromatic heterocycles. The largest absolute Gasteiger partial charge is 0.339 e. The lowest BCUT2D eigenvalue weighted by atomic mass is 9.95. The fraction of sp³-hybridized carbons (Fsp3) is 0.526. The molecular formula is C19H24N4O2. The lowest BCUT2D eigenvalue weighted by molar-refractivity contribution is 0.240. The SMILES string of the molecule is Cc1noc(CCCNC(=O)NC[C@H]2C[C@@]23CCc2ccccc23)n1. The number of rotatable bonds is 6. The van der Waals surface area contributed by atoms with E-state index in [2.05, 4.69) is 45.0 Å². The van der Waals surface area contributed by atoms with Crippen LogP contribution >= 0.6 is 0 Å². The molecule has 0 radical (unpaired) electrons. The maximum Gasteiger partial charge on any atom is 0.314 e. The van der Waals surface area contributed by atoms with Gasteiger partial charge in [0.15, 0.2) is 5.82 Å². The molecule has 132 valence electrons. The maximum absolute atomic E-state index is 12.0. The van der Waals surface area contributed by atoms with E-state index in [1.165, 1.54) is 30.4 Å². The minimum atomic E-state index is -0.0879. The topological polar surface area (TPSA) is 80.0 Å². The lowest BCUT2D eigenvalue weighted by Gasteiger charge is -2.12. The van der Waals surface area contributed by atoms with Crippen molar-refractivity contribution >= 4 is 6.03 Å². The molecular weight excluding hydrogens is 316 g/mol. The Morgan fingerprint density at radius 2 is 2.24 bits per heavy atom. The van der Waals surface area contributed by atoms with Gasteiger partial charge in [-0.15, -0.1) is 0 Å². The fourth-order valence-corrected chi connectivity index (χ4v) is 4.16. The van der Waals surface area contributed by atoms with E-state index >= 15 is 0 Å². The first kappa shape index (κ1) is 16.1. The molecule has 2 aliphatic rings. The van der Waals surface area contributed by atoms with E-state index < -0.39 is 0 Å². The number of hydrogen-bond donors (Lipinski definition) is 2. The number of urea groups is 1. The number of benzene rings is 1. The van der Waals surface area contributed by atoms with Gasteiger partial charge in [-0.05, 0) is 49.7 Å². The Bertz CT molecular complexity index is 772. The molecule has 2 aliphatic carbocycles. The number of aromatic nitrogens is 2. The average Bonchev–Trinajstić information content (AvgIpc) is 2.96. The van der Waals surface area contributed by atoms with Crippen LogP contribution in [0.25, 0.3) is 0 Å². The molecule has 6 nitrogen and oxygen atoms in total. The Kier molecular flexibility index (Phi) is 4.19. The van der Waals surface area contributed by atoms with Crippen LogP contribution in [-0.4, -0.2) is 29.3 Å². The molecule has 1 aromatic carbocycles. The molecule has 0 aliphatic heterocycles. The number of carbonyl (C=O) groups excluding carboxylic acids is 1. The first-order valence-corrected chi connectivity index (χ1v) is 9.07. The summed E-state index contributed by atoms with van der Waals surface area (Å²) in [7, 11) is 0. The van der Waals surface area contributed by atoms with Gasteiger partial charge >= 0.3 is 6.03 Å². The summed E-state index contributed by atoms with van der Waals surface area (Å²) in [6.07, 6.45) is 5.07. The molecule has 6 heteroatoms. The monoisotopic (exact) mass is 340 g/mol. The highest BCUT2D eigenvalue weighted by molar-refractivity contribution is 5.73. The zero-order valence-electron chi connectivity index (χ0n) is 14.5. The van der Waals surface area contributed by atoms with Crippen LogP contribution < -0.4 is 10.6 Å². The van der Waals surface area contributed by atoms with Crippen molar-refractivity contribution in [1.29, 1.82) is 0 Å². The van der Waals surface area contributed by atoms with Crippen LogP contribution in [0.5, 0.6) is 0 Å². The average molecular weight is 340 g/mol. The Balaban J connectivity index is 1.17. The first-order chi connectivity index (χ1) is 12.2. The molecule has 25 heavy (non-hydrogen) atoms. The molecule has 2 aromatic rings. The molecule has 1 spiro atoms. The van der Waals surface area contributed by atoms with E-state index in [1.807, 2.05) is 0 Å². The zero-order chi connectivity index (χ0) is 17.3. The summed E-state index contributed by atoms with van der Waals surface area (Å²) in [5.74, 6) is 1.84. The van der Waals surface area contributed by atoms with Crippen molar-refractivity contribution in [3.8, 4) is 0 Å². The molecule has 2 amide bonds. The van der Waals surface area contributed by atoms with Gasteiger partial charge in [-0.3, -0.25) is 0 Å². The Morgan fingerprint density at radius 1 is 1.36 bits per heavy atom. The highest BCUT2D eigenvalue weighted by Crippen LogP contribution is 2.61. The van der Waals surface area contributed by atoms with Crippen molar-refractivity contribution in [2.75, 3.05) is 13.1 Å². The van der Waals surface area contributed by atoms with Gasteiger partial charge < -0.3 is 15.2 Å². The molecule has 0 unspecified atom stereocenters. The maximum atomic E-state index is 12.0. The molecule has 2 N–H and O–H groups in total. The Labute approximate surface area is 147 Å². The third-order valence-corrected chi connectivity index (χ3v) is 5.56. The van der Waals surface area contributed by atoms with E-state index in [0.717, 1.165) is 13.0 Å². The molecule has 1 fully saturated rings. The molecule has 1 saturated carbocycles. The second-order valence-corrected chi connectivity index (χ2v) is 7.19. The van der Waals surface area contributed by atoms with E-state index in [1.54, 1.807) is 6.92 Å². The summed E-state index contributed by atoms with van der Waals surface area (Å²) in [5.41, 5.74) is 3.34. The highest BCUT2D eigenvalue weighted by atomic mass is 16.5. The zero-order valence-corrected chi connectivity index (χ0v) is 14.5. The fourth-order valence-electron chi connectivity index (χ4n) is 4.16.